The van der Waals surface area contributed by atoms with E-state index >= 15 is 0 Å². The summed E-state index contributed by atoms with van der Waals surface area (Å²) in [5.41, 5.74) is 6.30. The lowest BCUT2D eigenvalue weighted by molar-refractivity contribution is -0.138. The van der Waals surface area contributed by atoms with Crippen LogP contribution in [0.2, 0.25) is 0 Å². The van der Waals surface area contributed by atoms with Crippen LogP contribution in [0.5, 0.6) is 0 Å². The summed E-state index contributed by atoms with van der Waals surface area (Å²) in [6.07, 6.45) is 1.14. The van der Waals surface area contributed by atoms with Gasteiger partial charge in [0.2, 0.25) is 0 Å². The van der Waals surface area contributed by atoms with Gasteiger partial charge in [-0.1, -0.05) is 30.3 Å². The van der Waals surface area contributed by atoms with Crippen molar-refractivity contribution in [3.63, 3.8) is 0 Å². The third-order valence-corrected chi connectivity index (χ3v) is 1.62. The van der Waals surface area contributed by atoms with Crippen LogP contribution in [-0.2, 0) is 11.2 Å². The Morgan fingerprint density at radius 2 is 1.93 bits per heavy atom. The molecule has 1 rings (SSSR count). The summed E-state index contributed by atoms with van der Waals surface area (Å²) in [6, 6.07) is 8.54. The second kappa shape index (κ2) is 7.35. The summed E-state index contributed by atoms with van der Waals surface area (Å²) >= 11 is 0. The summed E-state index contributed by atoms with van der Waals surface area (Å²) in [6.45, 7) is 0. The number of aliphatic hydroxyl groups excluding tert-OH is 1. The van der Waals surface area contributed by atoms with E-state index in [1.54, 1.807) is 0 Å². The highest BCUT2D eigenvalue weighted by Crippen LogP contribution is 2.01. The number of hydrogen-bond donors (Lipinski definition) is 3. The highest BCUT2D eigenvalue weighted by molar-refractivity contribution is 5.73. The zero-order chi connectivity index (χ0) is 11.7. The Hall–Kier alpha value is -2.06. The average Bonchev–Trinajstić information content (AvgIpc) is 2.20. The normalized spacial score (nSPS) is 10.4. The molecule has 0 aliphatic rings. The average molecular weight is 208 g/mol. The van der Waals surface area contributed by atoms with Crippen LogP contribution in [0.15, 0.2) is 30.3 Å². The Kier molecular flexibility index (Phi) is 6.34. The minimum atomic E-state index is -0.959. The molecule has 0 aromatic heterocycles. The Morgan fingerprint density at radius 1 is 1.47 bits per heavy atom. The van der Waals surface area contributed by atoms with E-state index in [1.165, 1.54) is 0 Å². The highest BCUT2D eigenvalue weighted by atomic mass is 16.4. The molecule has 0 amide bonds. The summed E-state index contributed by atoms with van der Waals surface area (Å²) in [5, 5.41) is 22.3. The lowest BCUT2D eigenvalue weighted by Crippen LogP contribution is -2.32. The van der Waals surface area contributed by atoms with Crippen LogP contribution in [0.25, 0.3) is 0 Å². The molecule has 0 aliphatic heterocycles. The number of benzene rings is 1. The zero-order valence-electron chi connectivity index (χ0n) is 8.00. The van der Waals surface area contributed by atoms with E-state index in [2.05, 4.69) is 0 Å². The summed E-state index contributed by atoms with van der Waals surface area (Å²) in [7, 11) is 0. The Morgan fingerprint density at radius 3 is 2.33 bits per heavy atom. The van der Waals surface area contributed by atoms with Crippen molar-refractivity contribution >= 4 is 5.97 Å². The van der Waals surface area contributed by atoms with Gasteiger partial charge >= 0.3 is 5.97 Å². The molecule has 4 N–H and O–H groups in total. The quantitative estimate of drug-likeness (QED) is 0.626. The third-order valence-electron chi connectivity index (χ3n) is 1.62. The van der Waals surface area contributed by atoms with Crippen molar-refractivity contribution in [3.05, 3.63) is 35.9 Å². The molecule has 1 aromatic rings. The molecule has 5 heteroatoms. The van der Waals surface area contributed by atoms with Crippen LogP contribution in [0, 0.1) is 11.5 Å². The second-order valence-corrected chi connectivity index (χ2v) is 2.73. The predicted octanol–water partition coefficient (Wildman–Crippen LogP) is 0.481. The zero-order valence-corrected chi connectivity index (χ0v) is 8.00. The molecule has 1 aromatic carbocycles. The molecule has 0 unspecified atom stereocenters. The molecule has 0 fully saturated rings. The number of nitrogens with two attached hydrogens (primary N) is 1. The van der Waals surface area contributed by atoms with Crippen molar-refractivity contribution in [2.45, 2.75) is 12.5 Å². The number of carbonyl (C=O) groups is 1. The number of hydrogen-bond acceptors (Lipinski definition) is 4. The monoisotopic (exact) mass is 208 g/mol. The van der Waals surface area contributed by atoms with Gasteiger partial charge in [-0.3, -0.25) is 4.79 Å². The van der Waals surface area contributed by atoms with Crippen molar-refractivity contribution < 1.29 is 15.0 Å². The van der Waals surface area contributed by atoms with Crippen molar-refractivity contribution in [2.24, 2.45) is 5.73 Å². The molecule has 5 nitrogen and oxygen atoms in total. The fraction of sp³-hybridized carbons (Fsp3) is 0.200. The Balaban J connectivity index is 0.000000583. The SMILES string of the molecule is N#CO.N[C@@H](Cc1ccccc1)C(=O)O. The van der Waals surface area contributed by atoms with E-state index in [9.17, 15) is 4.79 Å². The number of aliphatic carboxylic acids is 1. The summed E-state index contributed by atoms with van der Waals surface area (Å²) in [5.74, 6) is -0.959. The number of nitrogens with zero attached hydrogens (tertiary/aromatic N) is 1. The standard InChI is InChI=1S/C9H11NO2.CHNO/c10-8(9(11)12)6-7-4-2-1-3-5-7;2-1-3/h1-5,8H,6,10H2,(H,11,12);3H/t8-;/m0./s1. The molecular weight excluding hydrogens is 196 g/mol. The molecular formula is C10H12N2O3. The van der Waals surface area contributed by atoms with Crippen LogP contribution in [0.1, 0.15) is 5.56 Å². The summed E-state index contributed by atoms with van der Waals surface area (Å²) in [4.78, 5) is 10.4. The van der Waals surface area contributed by atoms with E-state index in [0.29, 0.717) is 6.42 Å². The lowest BCUT2D eigenvalue weighted by atomic mass is 10.1. The maximum absolute atomic E-state index is 10.4. The number of aliphatic hydroxyl groups is 1. The molecule has 0 saturated carbocycles. The molecule has 0 aliphatic carbocycles. The highest BCUT2D eigenvalue weighted by Gasteiger charge is 2.10. The van der Waals surface area contributed by atoms with Crippen LogP contribution < -0.4 is 5.73 Å². The number of carboxylic acid groups (broad SMARTS) is 1. The molecule has 0 radical (unpaired) electrons. The smallest absolute Gasteiger partial charge is 0.320 e. The van der Waals surface area contributed by atoms with E-state index in [-0.39, 0.29) is 0 Å². The number of rotatable bonds is 3. The summed E-state index contributed by atoms with van der Waals surface area (Å²) < 4.78 is 0. The largest absolute Gasteiger partial charge is 0.480 e. The van der Waals surface area contributed by atoms with Gasteiger partial charge in [-0.15, -0.1) is 0 Å². The van der Waals surface area contributed by atoms with Gasteiger partial charge in [-0.2, -0.15) is 5.26 Å². The van der Waals surface area contributed by atoms with E-state index in [0.717, 1.165) is 11.8 Å². The topological polar surface area (TPSA) is 107 Å². The van der Waals surface area contributed by atoms with Crippen LogP contribution in [-0.4, -0.2) is 22.2 Å². The van der Waals surface area contributed by atoms with Crippen LogP contribution in [0.3, 0.4) is 0 Å². The van der Waals surface area contributed by atoms with E-state index in [1.807, 2.05) is 30.3 Å². The van der Waals surface area contributed by atoms with Crippen LogP contribution >= 0.6 is 0 Å². The first-order chi connectivity index (χ1) is 7.11. The maximum Gasteiger partial charge on any atom is 0.320 e. The van der Waals surface area contributed by atoms with E-state index < -0.39 is 12.0 Å². The first-order valence-electron chi connectivity index (χ1n) is 4.17. The Labute approximate surface area is 87.4 Å². The van der Waals surface area contributed by atoms with Crippen LogP contribution in [0.4, 0.5) is 0 Å². The molecule has 0 spiro atoms. The molecule has 80 valence electrons. The van der Waals surface area contributed by atoms with Gasteiger partial charge in [-0.05, 0) is 12.0 Å². The van der Waals surface area contributed by atoms with Gasteiger partial charge in [0.15, 0.2) is 0 Å². The van der Waals surface area contributed by atoms with Gasteiger partial charge in [0.05, 0.1) is 0 Å². The number of carboxylic acids is 1. The Bertz CT molecular complexity index is 332. The first-order valence-corrected chi connectivity index (χ1v) is 4.17. The maximum atomic E-state index is 10.4. The lowest BCUT2D eigenvalue weighted by Gasteiger charge is -2.04. The van der Waals surface area contributed by atoms with Gasteiger partial charge in [-0.25, -0.2) is 0 Å². The van der Waals surface area contributed by atoms with Crippen molar-refractivity contribution in [1.29, 1.82) is 5.26 Å². The first kappa shape index (κ1) is 12.9. The fourth-order valence-electron chi connectivity index (χ4n) is 0.955. The minimum Gasteiger partial charge on any atom is -0.480 e. The predicted molar refractivity (Wildman–Crippen MR) is 53.3 cm³/mol. The molecule has 0 heterocycles. The second-order valence-electron chi connectivity index (χ2n) is 2.73. The van der Waals surface area contributed by atoms with Gasteiger partial charge < -0.3 is 15.9 Å². The molecule has 0 saturated heterocycles. The third kappa shape index (κ3) is 6.07. The molecule has 0 bridgehead atoms. The molecule has 15 heavy (non-hydrogen) atoms. The van der Waals surface area contributed by atoms with E-state index in [4.69, 9.17) is 21.2 Å². The fourth-order valence-corrected chi connectivity index (χ4v) is 0.955. The van der Waals surface area contributed by atoms with Crippen molar-refractivity contribution in [1.82, 2.24) is 0 Å². The van der Waals surface area contributed by atoms with Gasteiger partial charge in [0, 0.05) is 0 Å². The van der Waals surface area contributed by atoms with Crippen molar-refractivity contribution in [2.75, 3.05) is 0 Å². The number of nitriles is 1. The van der Waals surface area contributed by atoms with Gasteiger partial charge in [0.25, 0.3) is 6.26 Å². The minimum absolute atomic E-state index is 0.385. The van der Waals surface area contributed by atoms with Crippen molar-refractivity contribution in [3.8, 4) is 6.26 Å². The van der Waals surface area contributed by atoms with Gasteiger partial charge in [0.1, 0.15) is 6.04 Å². The molecule has 1 atom stereocenters.